The number of nitrogens with zero attached hydrogens (tertiary/aromatic N) is 1. The van der Waals surface area contributed by atoms with E-state index in [1.165, 1.54) is 11.3 Å². The molecule has 178 valence electrons. The van der Waals surface area contributed by atoms with Crippen LogP contribution in [-0.4, -0.2) is 45.2 Å². The van der Waals surface area contributed by atoms with Gasteiger partial charge in [-0.05, 0) is 67.4 Å². The van der Waals surface area contributed by atoms with Crippen molar-refractivity contribution in [1.82, 2.24) is 10.6 Å². The van der Waals surface area contributed by atoms with Crippen molar-refractivity contribution in [2.24, 2.45) is 0 Å². The second kappa shape index (κ2) is 10.9. The lowest BCUT2D eigenvalue weighted by Gasteiger charge is -2.23. The van der Waals surface area contributed by atoms with Crippen molar-refractivity contribution in [3.8, 4) is 10.4 Å². The SMILES string of the molecule is CN(C)c1ccc(NC(=O)Nc2cc(-c3ccc(Cl)cc3)sc2C(=O)N[C@H]2CCCNC2)cc1. The maximum atomic E-state index is 13.1. The molecule has 3 amide bonds. The summed E-state index contributed by atoms with van der Waals surface area (Å²) in [5.41, 5.74) is 3.09. The summed E-state index contributed by atoms with van der Waals surface area (Å²) in [4.78, 5) is 29.2. The molecule has 34 heavy (non-hydrogen) atoms. The molecule has 7 nitrogen and oxygen atoms in total. The highest BCUT2D eigenvalue weighted by Crippen LogP contribution is 2.35. The van der Waals surface area contributed by atoms with Crippen LogP contribution >= 0.6 is 22.9 Å². The highest BCUT2D eigenvalue weighted by Gasteiger charge is 2.22. The predicted octanol–water partition coefficient (Wildman–Crippen LogP) is 5.26. The fraction of sp³-hybridized carbons (Fsp3) is 0.280. The van der Waals surface area contributed by atoms with Gasteiger partial charge in [-0.25, -0.2) is 4.79 Å². The number of carbonyl (C=O) groups is 2. The summed E-state index contributed by atoms with van der Waals surface area (Å²) in [6, 6.07) is 16.4. The number of anilines is 3. The van der Waals surface area contributed by atoms with Crippen LogP contribution in [0.25, 0.3) is 10.4 Å². The Morgan fingerprint density at radius 2 is 1.79 bits per heavy atom. The monoisotopic (exact) mass is 497 g/mol. The Balaban J connectivity index is 1.54. The molecule has 1 aliphatic heterocycles. The third-order valence-corrected chi connectivity index (χ3v) is 7.02. The number of nitrogens with one attached hydrogen (secondary N) is 4. The maximum absolute atomic E-state index is 13.1. The molecular weight excluding hydrogens is 470 g/mol. The number of amides is 3. The number of urea groups is 1. The second-order valence-corrected chi connectivity index (χ2v) is 9.89. The third-order valence-electron chi connectivity index (χ3n) is 5.59. The highest BCUT2D eigenvalue weighted by molar-refractivity contribution is 7.18. The molecule has 0 spiro atoms. The summed E-state index contributed by atoms with van der Waals surface area (Å²) >= 11 is 7.38. The Hall–Kier alpha value is -3.07. The topological polar surface area (TPSA) is 85.5 Å². The van der Waals surface area contributed by atoms with Crippen LogP contribution in [0.1, 0.15) is 22.5 Å². The molecule has 4 N–H and O–H groups in total. The van der Waals surface area contributed by atoms with E-state index < -0.39 is 6.03 Å². The average Bonchev–Trinajstić information content (AvgIpc) is 3.24. The summed E-state index contributed by atoms with van der Waals surface area (Å²) in [5.74, 6) is -0.190. The predicted molar refractivity (Wildman–Crippen MR) is 142 cm³/mol. The number of rotatable bonds is 6. The molecule has 1 aliphatic rings. The van der Waals surface area contributed by atoms with E-state index in [4.69, 9.17) is 11.6 Å². The lowest BCUT2D eigenvalue weighted by molar-refractivity contribution is 0.0935. The van der Waals surface area contributed by atoms with E-state index >= 15 is 0 Å². The molecule has 0 unspecified atom stereocenters. The van der Waals surface area contributed by atoms with Gasteiger partial charge >= 0.3 is 6.03 Å². The molecule has 9 heteroatoms. The minimum Gasteiger partial charge on any atom is -0.378 e. The molecule has 4 rings (SSSR count). The van der Waals surface area contributed by atoms with Crippen LogP contribution in [0, 0.1) is 0 Å². The van der Waals surface area contributed by atoms with Gasteiger partial charge in [0.1, 0.15) is 4.88 Å². The smallest absolute Gasteiger partial charge is 0.323 e. The molecule has 1 atom stereocenters. The van der Waals surface area contributed by atoms with Crippen molar-refractivity contribution < 1.29 is 9.59 Å². The lowest BCUT2D eigenvalue weighted by Crippen LogP contribution is -2.45. The first-order chi connectivity index (χ1) is 16.4. The Labute approximate surface area is 208 Å². The standard InChI is InChI=1S/C25H28ClN5O2S/c1-31(2)20-11-9-18(10-12-20)29-25(33)30-21-14-22(16-5-7-17(26)8-6-16)34-23(21)24(32)28-19-4-3-13-27-15-19/h5-12,14,19,27H,3-4,13,15H2,1-2H3,(H,28,32)(H2,29,30,33)/t19-/m0/s1. The van der Waals surface area contributed by atoms with Crippen molar-refractivity contribution in [2.75, 3.05) is 42.7 Å². The van der Waals surface area contributed by atoms with Gasteiger partial charge in [0.25, 0.3) is 5.91 Å². The van der Waals surface area contributed by atoms with E-state index in [2.05, 4.69) is 21.3 Å². The number of thiophene rings is 1. The molecule has 2 heterocycles. The van der Waals surface area contributed by atoms with Crippen LogP contribution < -0.4 is 26.2 Å². The molecule has 0 saturated carbocycles. The fourth-order valence-electron chi connectivity index (χ4n) is 3.76. The number of hydrogen-bond acceptors (Lipinski definition) is 5. The van der Waals surface area contributed by atoms with E-state index in [9.17, 15) is 9.59 Å². The molecule has 0 bridgehead atoms. The number of piperidine rings is 1. The van der Waals surface area contributed by atoms with E-state index in [1.807, 2.05) is 61.5 Å². The Morgan fingerprint density at radius 1 is 1.06 bits per heavy atom. The fourth-order valence-corrected chi connectivity index (χ4v) is 4.91. The van der Waals surface area contributed by atoms with E-state index in [0.717, 1.165) is 42.1 Å². The summed E-state index contributed by atoms with van der Waals surface area (Å²) in [5, 5.41) is 12.7. The molecule has 1 fully saturated rings. The van der Waals surface area contributed by atoms with Crippen LogP contribution in [-0.2, 0) is 0 Å². The Bertz CT molecular complexity index is 1140. The average molecular weight is 498 g/mol. The summed E-state index contributed by atoms with van der Waals surface area (Å²) < 4.78 is 0. The van der Waals surface area contributed by atoms with Crippen molar-refractivity contribution in [1.29, 1.82) is 0 Å². The van der Waals surface area contributed by atoms with Crippen LogP contribution in [0.5, 0.6) is 0 Å². The van der Waals surface area contributed by atoms with Crippen LogP contribution in [0.15, 0.2) is 54.6 Å². The van der Waals surface area contributed by atoms with Gasteiger partial charge in [-0.3, -0.25) is 4.79 Å². The number of benzene rings is 2. The van der Waals surface area contributed by atoms with Crippen molar-refractivity contribution >= 4 is 51.9 Å². The zero-order valence-corrected chi connectivity index (χ0v) is 20.7. The summed E-state index contributed by atoms with van der Waals surface area (Å²) in [7, 11) is 3.92. The summed E-state index contributed by atoms with van der Waals surface area (Å²) in [6.07, 6.45) is 1.95. The van der Waals surface area contributed by atoms with Crippen molar-refractivity contribution in [3.63, 3.8) is 0 Å². The van der Waals surface area contributed by atoms with Crippen LogP contribution in [0.4, 0.5) is 21.9 Å². The number of halogens is 1. The van der Waals surface area contributed by atoms with Gasteiger partial charge in [-0.2, -0.15) is 0 Å². The van der Waals surface area contributed by atoms with Crippen LogP contribution in [0.3, 0.4) is 0 Å². The first-order valence-electron chi connectivity index (χ1n) is 11.2. The minimum atomic E-state index is -0.411. The third kappa shape index (κ3) is 6.08. The van der Waals surface area contributed by atoms with Gasteiger partial charge in [-0.1, -0.05) is 23.7 Å². The lowest BCUT2D eigenvalue weighted by atomic mass is 10.1. The molecule has 1 saturated heterocycles. The normalized spacial score (nSPS) is 15.4. The molecular formula is C25H28ClN5O2S. The summed E-state index contributed by atoms with van der Waals surface area (Å²) in [6.45, 7) is 1.71. The molecule has 2 aromatic carbocycles. The zero-order valence-electron chi connectivity index (χ0n) is 19.2. The van der Waals surface area contributed by atoms with E-state index in [-0.39, 0.29) is 11.9 Å². The molecule has 3 aromatic rings. The second-order valence-electron chi connectivity index (χ2n) is 8.40. The van der Waals surface area contributed by atoms with Gasteiger partial charge in [0, 0.05) is 48.0 Å². The van der Waals surface area contributed by atoms with Gasteiger partial charge < -0.3 is 26.2 Å². The van der Waals surface area contributed by atoms with E-state index in [0.29, 0.717) is 21.3 Å². The minimum absolute atomic E-state index is 0.0687. The Morgan fingerprint density at radius 3 is 2.44 bits per heavy atom. The zero-order chi connectivity index (χ0) is 24.1. The van der Waals surface area contributed by atoms with Gasteiger partial charge in [0.15, 0.2) is 0 Å². The molecule has 1 aromatic heterocycles. The maximum Gasteiger partial charge on any atom is 0.323 e. The van der Waals surface area contributed by atoms with Gasteiger partial charge in [-0.15, -0.1) is 11.3 Å². The first-order valence-corrected chi connectivity index (χ1v) is 12.4. The number of hydrogen-bond donors (Lipinski definition) is 4. The van der Waals surface area contributed by atoms with Crippen LogP contribution in [0.2, 0.25) is 5.02 Å². The van der Waals surface area contributed by atoms with Gasteiger partial charge in [0.2, 0.25) is 0 Å². The first kappa shape index (κ1) is 24.1. The van der Waals surface area contributed by atoms with E-state index in [1.54, 1.807) is 12.1 Å². The quantitative estimate of drug-likeness (QED) is 0.374. The van der Waals surface area contributed by atoms with Crippen molar-refractivity contribution in [3.05, 3.63) is 64.5 Å². The van der Waals surface area contributed by atoms with Crippen molar-refractivity contribution in [2.45, 2.75) is 18.9 Å². The highest BCUT2D eigenvalue weighted by atomic mass is 35.5. The molecule has 0 radical (unpaired) electrons. The Kier molecular flexibility index (Phi) is 7.72. The molecule has 0 aliphatic carbocycles. The van der Waals surface area contributed by atoms with Gasteiger partial charge in [0.05, 0.1) is 5.69 Å². The number of carbonyl (C=O) groups excluding carboxylic acids is 2. The largest absolute Gasteiger partial charge is 0.378 e.